The van der Waals surface area contributed by atoms with Crippen LogP contribution in [0.4, 0.5) is 15.8 Å². The summed E-state index contributed by atoms with van der Waals surface area (Å²) in [6, 6.07) is 14.7. The molecule has 3 aromatic rings. The summed E-state index contributed by atoms with van der Waals surface area (Å²) in [7, 11) is 0. The molecule has 3 rings (SSSR count). The monoisotopic (exact) mass is 396 g/mol. The summed E-state index contributed by atoms with van der Waals surface area (Å²) in [5.74, 6) is -2.26. The molecule has 7 nitrogen and oxygen atoms in total. The van der Waals surface area contributed by atoms with E-state index in [1.54, 1.807) is 12.1 Å². The predicted molar refractivity (Wildman–Crippen MR) is 103 cm³/mol. The number of halogens is 1. The van der Waals surface area contributed by atoms with Crippen LogP contribution in [0.25, 0.3) is 0 Å². The molecular formula is C21H17FN2O5. The maximum absolute atomic E-state index is 13.6. The number of furan rings is 1. The van der Waals surface area contributed by atoms with Gasteiger partial charge in [0.15, 0.2) is 11.9 Å². The highest BCUT2D eigenvalue weighted by Gasteiger charge is 2.20. The molecular weight excluding hydrogens is 379 g/mol. The summed E-state index contributed by atoms with van der Waals surface area (Å²) in [6.07, 6.45) is 0.248. The molecule has 8 heteroatoms. The van der Waals surface area contributed by atoms with Crippen LogP contribution in [0.3, 0.4) is 0 Å². The fraction of sp³-hybridized carbons (Fsp3) is 0.0952. The van der Waals surface area contributed by atoms with E-state index < -0.39 is 29.7 Å². The van der Waals surface area contributed by atoms with Crippen molar-refractivity contribution in [1.82, 2.24) is 0 Å². The number of amides is 2. The number of benzene rings is 2. The molecule has 29 heavy (non-hydrogen) atoms. The normalized spacial score (nSPS) is 11.4. The van der Waals surface area contributed by atoms with Crippen molar-refractivity contribution in [2.24, 2.45) is 0 Å². The van der Waals surface area contributed by atoms with Gasteiger partial charge in [0.05, 0.1) is 17.5 Å². The first-order valence-electron chi connectivity index (χ1n) is 8.65. The van der Waals surface area contributed by atoms with Crippen LogP contribution < -0.4 is 10.6 Å². The van der Waals surface area contributed by atoms with E-state index >= 15 is 0 Å². The molecule has 0 bridgehead atoms. The first kappa shape index (κ1) is 19.8. The number of esters is 1. The lowest BCUT2D eigenvalue weighted by atomic mass is 10.2. The largest absolute Gasteiger partial charge is 0.459 e. The van der Waals surface area contributed by atoms with Crippen molar-refractivity contribution in [3.8, 4) is 0 Å². The Morgan fingerprint density at radius 3 is 2.34 bits per heavy atom. The maximum atomic E-state index is 13.6. The van der Waals surface area contributed by atoms with Crippen LogP contribution in [0, 0.1) is 5.82 Å². The van der Waals surface area contributed by atoms with Crippen LogP contribution in [0.1, 0.15) is 27.8 Å². The minimum atomic E-state index is -1.14. The van der Waals surface area contributed by atoms with Crippen molar-refractivity contribution >= 4 is 29.2 Å². The molecule has 0 fully saturated rings. The molecule has 2 aromatic carbocycles. The molecule has 1 aromatic heterocycles. The number of rotatable bonds is 6. The van der Waals surface area contributed by atoms with Gasteiger partial charge in [-0.25, -0.2) is 9.18 Å². The quantitative estimate of drug-likeness (QED) is 0.617. The number of carbonyl (C=O) groups excluding carboxylic acids is 3. The third kappa shape index (κ3) is 5.07. The SMILES string of the molecule is C[C@H](OC(=O)c1ccc(NC(=O)c2ccco2)cc1)C(=O)Nc1ccccc1F. The number of hydrogen-bond acceptors (Lipinski definition) is 5. The van der Waals surface area contributed by atoms with Gasteiger partial charge in [-0.1, -0.05) is 12.1 Å². The molecule has 0 radical (unpaired) electrons. The average Bonchev–Trinajstić information content (AvgIpc) is 3.25. The molecule has 2 N–H and O–H groups in total. The molecule has 148 valence electrons. The Morgan fingerprint density at radius 1 is 0.966 bits per heavy atom. The number of carbonyl (C=O) groups is 3. The van der Waals surface area contributed by atoms with Crippen molar-refractivity contribution in [3.05, 3.63) is 84.1 Å². The number of anilines is 2. The molecule has 0 aliphatic heterocycles. The second-order valence-corrected chi connectivity index (χ2v) is 6.03. The molecule has 1 heterocycles. The van der Waals surface area contributed by atoms with E-state index in [-0.39, 0.29) is 17.0 Å². The average molecular weight is 396 g/mol. The van der Waals surface area contributed by atoms with Gasteiger partial charge >= 0.3 is 5.97 Å². The van der Waals surface area contributed by atoms with E-state index in [0.717, 1.165) is 0 Å². The lowest BCUT2D eigenvalue weighted by molar-refractivity contribution is -0.123. The minimum absolute atomic E-state index is 0.00273. The molecule has 0 saturated carbocycles. The van der Waals surface area contributed by atoms with Crippen molar-refractivity contribution in [2.45, 2.75) is 13.0 Å². The first-order chi connectivity index (χ1) is 13.9. The summed E-state index contributed by atoms with van der Waals surface area (Å²) < 4.78 is 23.7. The maximum Gasteiger partial charge on any atom is 0.338 e. The van der Waals surface area contributed by atoms with Crippen LogP contribution in [-0.2, 0) is 9.53 Å². The summed E-state index contributed by atoms with van der Waals surface area (Å²) >= 11 is 0. The zero-order chi connectivity index (χ0) is 20.8. The van der Waals surface area contributed by atoms with Crippen molar-refractivity contribution < 1.29 is 27.9 Å². The van der Waals surface area contributed by atoms with E-state index in [4.69, 9.17) is 9.15 Å². The zero-order valence-electron chi connectivity index (χ0n) is 15.3. The number of para-hydroxylation sites is 1. The molecule has 0 spiro atoms. The summed E-state index contributed by atoms with van der Waals surface area (Å²) in [5.41, 5.74) is 0.636. The van der Waals surface area contributed by atoms with E-state index in [2.05, 4.69) is 10.6 Å². The van der Waals surface area contributed by atoms with Crippen LogP contribution in [0.5, 0.6) is 0 Å². The van der Waals surface area contributed by atoms with E-state index in [9.17, 15) is 18.8 Å². The van der Waals surface area contributed by atoms with Gasteiger partial charge in [-0.3, -0.25) is 9.59 Å². The first-order valence-corrected chi connectivity index (χ1v) is 8.65. The highest BCUT2D eigenvalue weighted by Crippen LogP contribution is 2.15. The van der Waals surface area contributed by atoms with Crippen LogP contribution in [-0.4, -0.2) is 23.9 Å². The summed E-state index contributed by atoms with van der Waals surface area (Å²) in [5, 5.41) is 4.98. The fourth-order valence-electron chi connectivity index (χ4n) is 2.37. The van der Waals surface area contributed by atoms with Gasteiger partial charge in [0.25, 0.3) is 11.8 Å². The van der Waals surface area contributed by atoms with Gasteiger partial charge in [0.1, 0.15) is 5.82 Å². The smallest absolute Gasteiger partial charge is 0.338 e. The van der Waals surface area contributed by atoms with Gasteiger partial charge < -0.3 is 19.8 Å². The molecule has 0 unspecified atom stereocenters. The number of hydrogen-bond donors (Lipinski definition) is 2. The predicted octanol–water partition coefficient (Wildman–Crippen LogP) is 3.86. The minimum Gasteiger partial charge on any atom is -0.459 e. The highest BCUT2D eigenvalue weighted by molar-refractivity contribution is 6.02. The second kappa shape index (κ2) is 8.83. The van der Waals surface area contributed by atoms with E-state index in [0.29, 0.717) is 5.69 Å². The third-order valence-corrected chi connectivity index (χ3v) is 3.91. The van der Waals surface area contributed by atoms with Gasteiger partial charge in [-0.15, -0.1) is 0 Å². The second-order valence-electron chi connectivity index (χ2n) is 6.03. The Bertz CT molecular complexity index is 1020. The van der Waals surface area contributed by atoms with Gasteiger partial charge in [-0.2, -0.15) is 0 Å². The number of ether oxygens (including phenoxy) is 1. The van der Waals surface area contributed by atoms with Crippen molar-refractivity contribution in [1.29, 1.82) is 0 Å². The van der Waals surface area contributed by atoms with Crippen LogP contribution in [0.2, 0.25) is 0 Å². The third-order valence-electron chi connectivity index (χ3n) is 3.91. The van der Waals surface area contributed by atoms with Crippen LogP contribution >= 0.6 is 0 Å². The van der Waals surface area contributed by atoms with Crippen molar-refractivity contribution in [3.63, 3.8) is 0 Å². The summed E-state index contributed by atoms with van der Waals surface area (Å²) in [4.78, 5) is 36.2. The van der Waals surface area contributed by atoms with Crippen molar-refractivity contribution in [2.75, 3.05) is 10.6 Å². The standard InChI is InChI=1S/C21H17FN2O5/c1-13(19(25)24-17-6-3-2-5-16(17)22)29-21(27)14-8-10-15(11-9-14)23-20(26)18-7-4-12-28-18/h2-13H,1H3,(H,23,26)(H,24,25)/t13-/m0/s1. The Labute approximate surface area is 165 Å². The van der Waals surface area contributed by atoms with E-state index in [1.807, 2.05) is 0 Å². The molecule has 0 aliphatic rings. The Balaban J connectivity index is 1.56. The Morgan fingerprint density at radius 2 is 1.69 bits per heavy atom. The Kier molecular flexibility index (Phi) is 6.03. The fourth-order valence-corrected chi connectivity index (χ4v) is 2.37. The molecule has 0 aliphatic carbocycles. The molecule has 0 saturated heterocycles. The summed E-state index contributed by atoms with van der Waals surface area (Å²) in [6.45, 7) is 1.38. The topological polar surface area (TPSA) is 97.6 Å². The highest BCUT2D eigenvalue weighted by atomic mass is 19.1. The van der Waals surface area contributed by atoms with Gasteiger partial charge in [-0.05, 0) is 55.5 Å². The van der Waals surface area contributed by atoms with E-state index in [1.165, 1.54) is 61.7 Å². The number of nitrogens with one attached hydrogen (secondary N) is 2. The molecule has 2 amide bonds. The zero-order valence-corrected chi connectivity index (χ0v) is 15.3. The lowest BCUT2D eigenvalue weighted by Crippen LogP contribution is -2.30. The van der Waals surface area contributed by atoms with Gasteiger partial charge in [0, 0.05) is 5.69 Å². The Hall–Kier alpha value is -3.94. The van der Waals surface area contributed by atoms with Crippen LogP contribution in [0.15, 0.2) is 71.3 Å². The lowest BCUT2D eigenvalue weighted by Gasteiger charge is -2.14. The van der Waals surface area contributed by atoms with Gasteiger partial charge in [0.2, 0.25) is 0 Å². The molecule has 1 atom stereocenters.